The van der Waals surface area contributed by atoms with Crippen molar-refractivity contribution in [1.29, 1.82) is 0 Å². The lowest BCUT2D eigenvalue weighted by Crippen LogP contribution is -1.99. The first-order valence-corrected chi connectivity index (χ1v) is 7.49. The third-order valence-electron chi connectivity index (χ3n) is 3.07. The number of hydrogen-bond donors (Lipinski definition) is 1. The number of ether oxygens (including phenoxy) is 2. The predicted octanol–water partition coefficient (Wildman–Crippen LogP) is 4.41. The summed E-state index contributed by atoms with van der Waals surface area (Å²) in [7, 11) is 3.04. The van der Waals surface area contributed by atoms with E-state index in [4.69, 9.17) is 9.47 Å². The molecular formula is C17H15BrFNO3. The van der Waals surface area contributed by atoms with Crippen molar-refractivity contribution in [2.75, 3.05) is 19.5 Å². The van der Waals surface area contributed by atoms with E-state index in [1.807, 2.05) is 0 Å². The maximum absolute atomic E-state index is 13.0. The van der Waals surface area contributed by atoms with Gasteiger partial charge in [-0.1, -0.05) is 0 Å². The molecule has 2 aromatic carbocycles. The molecule has 0 amide bonds. The van der Waals surface area contributed by atoms with Gasteiger partial charge in [0.2, 0.25) is 0 Å². The van der Waals surface area contributed by atoms with E-state index in [9.17, 15) is 9.18 Å². The number of rotatable bonds is 6. The van der Waals surface area contributed by atoms with E-state index in [0.717, 1.165) is 0 Å². The number of nitrogens with one attached hydrogen (secondary N) is 1. The van der Waals surface area contributed by atoms with Crippen molar-refractivity contribution in [3.63, 3.8) is 0 Å². The van der Waals surface area contributed by atoms with Crippen LogP contribution >= 0.6 is 15.9 Å². The molecule has 0 aromatic heterocycles. The summed E-state index contributed by atoms with van der Waals surface area (Å²) in [5.41, 5.74) is 1.13. The molecule has 0 fully saturated rings. The third-order valence-corrected chi connectivity index (χ3v) is 3.73. The lowest BCUT2D eigenvalue weighted by molar-refractivity contribution is 0.104. The van der Waals surface area contributed by atoms with Gasteiger partial charge in [-0.25, -0.2) is 4.39 Å². The van der Waals surface area contributed by atoms with E-state index in [0.29, 0.717) is 27.2 Å². The topological polar surface area (TPSA) is 47.6 Å². The van der Waals surface area contributed by atoms with Crippen LogP contribution in [0, 0.1) is 5.82 Å². The van der Waals surface area contributed by atoms with Crippen molar-refractivity contribution in [3.8, 4) is 11.5 Å². The number of halogens is 2. The average molecular weight is 380 g/mol. The Balaban J connectivity index is 2.09. The summed E-state index contributed by atoms with van der Waals surface area (Å²) >= 11 is 3.24. The number of allylic oxidation sites excluding steroid dienone is 1. The van der Waals surface area contributed by atoms with Gasteiger partial charge in [0.05, 0.1) is 19.9 Å². The Labute approximate surface area is 142 Å². The van der Waals surface area contributed by atoms with Gasteiger partial charge in [0.25, 0.3) is 0 Å². The van der Waals surface area contributed by atoms with Gasteiger partial charge in [-0.05, 0) is 52.3 Å². The number of methoxy groups -OCH3 is 2. The fourth-order valence-corrected chi connectivity index (χ4v) is 2.36. The van der Waals surface area contributed by atoms with E-state index < -0.39 is 0 Å². The molecule has 0 unspecified atom stereocenters. The first kappa shape index (κ1) is 17.0. The number of anilines is 1. The molecule has 4 nitrogen and oxygen atoms in total. The zero-order valence-corrected chi connectivity index (χ0v) is 14.2. The van der Waals surface area contributed by atoms with Crippen LogP contribution in [0.25, 0.3) is 0 Å². The van der Waals surface area contributed by atoms with Crippen molar-refractivity contribution >= 4 is 27.4 Å². The van der Waals surface area contributed by atoms with Crippen LogP contribution < -0.4 is 14.8 Å². The summed E-state index contributed by atoms with van der Waals surface area (Å²) in [5, 5.41) is 2.92. The van der Waals surface area contributed by atoms with Gasteiger partial charge in [0, 0.05) is 22.3 Å². The summed E-state index contributed by atoms with van der Waals surface area (Å²) in [6.45, 7) is 0. The average Bonchev–Trinajstić information content (AvgIpc) is 2.56. The molecule has 6 heteroatoms. The summed E-state index contributed by atoms with van der Waals surface area (Å²) in [5.74, 6) is 0.506. The second-order valence-corrected chi connectivity index (χ2v) is 5.39. The molecular weight excluding hydrogens is 365 g/mol. The Morgan fingerprint density at radius 3 is 2.52 bits per heavy atom. The second-order valence-electron chi connectivity index (χ2n) is 4.54. The Kier molecular flexibility index (Phi) is 5.76. The zero-order chi connectivity index (χ0) is 16.8. The van der Waals surface area contributed by atoms with Crippen molar-refractivity contribution in [1.82, 2.24) is 0 Å². The highest BCUT2D eigenvalue weighted by Crippen LogP contribution is 2.28. The molecule has 0 saturated heterocycles. The third kappa shape index (κ3) is 4.32. The van der Waals surface area contributed by atoms with Crippen LogP contribution in [-0.2, 0) is 0 Å². The van der Waals surface area contributed by atoms with Crippen LogP contribution in [0.4, 0.5) is 10.1 Å². The van der Waals surface area contributed by atoms with Gasteiger partial charge in [-0.3, -0.25) is 4.79 Å². The van der Waals surface area contributed by atoms with Crippen LogP contribution in [0.2, 0.25) is 0 Å². The molecule has 2 rings (SSSR count). The molecule has 0 atom stereocenters. The van der Waals surface area contributed by atoms with Crippen LogP contribution in [0.3, 0.4) is 0 Å². The van der Waals surface area contributed by atoms with E-state index >= 15 is 0 Å². The zero-order valence-electron chi connectivity index (χ0n) is 12.6. The standard InChI is InChI=1S/C17H15BrFNO3/c1-22-16-6-3-11(9-17(16)23-2)15(21)7-8-20-14-5-4-12(19)10-13(14)18/h3-10,20H,1-2H3. The van der Waals surface area contributed by atoms with Gasteiger partial charge in [0.1, 0.15) is 5.82 Å². The highest BCUT2D eigenvalue weighted by atomic mass is 79.9. The smallest absolute Gasteiger partial charge is 0.187 e. The Morgan fingerprint density at radius 1 is 1.13 bits per heavy atom. The van der Waals surface area contributed by atoms with Crippen molar-refractivity contribution in [2.45, 2.75) is 0 Å². The molecule has 0 heterocycles. The van der Waals surface area contributed by atoms with E-state index in [2.05, 4.69) is 21.2 Å². The van der Waals surface area contributed by atoms with Gasteiger partial charge < -0.3 is 14.8 Å². The molecule has 0 aliphatic carbocycles. The molecule has 0 radical (unpaired) electrons. The summed E-state index contributed by atoms with van der Waals surface area (Å²) in [6.07, 6.45) is 2.88. The Hall–Kier alpha value is -2.34. The highest BCUT2D eigenvalue weighted by molar-refractivity contribution is 9.10. The highest BCUT2D eigenvalue weighted by Gasteiger charge is 2.08. The summed E-state index contributed by atoms with van der Waals surface area (Å²) < 4.78 is 23.9. The van der Waals surface area contributed by atoms with Gasteiger partial charge in [-0.2, -0.15) is 0 Å². The van der Waals surface area contributed by atoms with E-state index in [-0.39, 0.29) is 11.6 Å². The van der Waals surface area contributed by atoms with Gasteiger partial charge >= 0.3 is 0 Å². The maximum atomic E-state index is 13.0. The van der Waals surface area contributed by atoms with Gasteiger partial charge in [0.15, 0.2) is 17.3 Å². The largest absolute Gasteiger partial charge is 0.493 e. The van der Waals surface area contributed by atoms with Crippen LogP contribution in [0.5, 0.6) is 11.5 Å². The molecule has 0 bridgehead atoms. The molecule has 0 spiro atoms. The first-order valence-electron chi connectivity index (χ1n) is 6.69. The summed E-state index contributed by atoms with van der Waals surface area (Å²) in [6, 6.07) is 9.18. The minimum absolute atomic E-state index is 0.198. The summed E-state index contributed by atoms with van der Waals surface area (Å²) in [4.78, 5) is 12.1. The van der Waals surface area contributed by atoms with Crippen LogP contribution in [0.15, 0.2) is 53.1 Å². The molecule has 23 heavy (non-hydrogen) atoms. The Bertz CT molecular complexity index is 747. The minimum atomic E-state index is -0.340. The number of hydrogen-bond acceptors (Lipinski definition) is 4. The fourth-order valence-electron chi connectivity index (χ4n) is 1.90. The lowest BCUT2D eigenvalue weighted by Gasteiger charge is -2.08. The molecule has 0 aliphatic heterocycles. The fraction of sp³-hybridized carbons (Fsp3) is 0.118. The number of benzene rings is 2. The Morgan fingerprint density at radius 2 is 1.87 bits per heavy atom. The lowest BCUT2D eigenvalue weighted by atomic mass is 10.1. The van der Waals surface area contributed by atoms with Crippen molar-refractivity contribution < 1.29 is 18.7 Å². The van der Waals surface area contributed by atoms with Crippen molar-refractivity contribution in [3.05, 3.63) is 64.5 Å². The first-order chi connectivity index (χ1) is 11.0. The molecule has 0 aliphatic rings. The number of carbonyl (C=O) groups excluding carboxylic acids is 1. The van der Waals surface area contributed by atoms with Crippen LogP contribution in [-0.4, -0.2) is 20.0 Å². The minimum Gasteiger partial charge on any atom is -0.493 e. The monoisotopic (exact) mass is 379 g/mol. The normalized spacial score (nSPS) is 10.6. The number of ketones is 1. The maximum Gasteiger partial charge on any atom is 0.187 e. The predicted molar refractivity (Wildman–Crippen MR) is 90.7 cm³/mol. The molecule has 120 valence electrons. The van der Waals surface area contributed by atoms with E-state index in [1.54, 1.807) is 24.3 Å². The SMILES string of the molecule is COc1ccc(C(=O)C=CNc2ccc(F)cc2Br)cc1OC. The quantitative estimate of drug-likeness (QED) is 0.596. The van der Waals surface area contributed by atoms with Crippen molar-refractivity contribution in [2.24, 2.45) is 0 Å². The van der Waals surface area contributed by atoms with E-state index in [1.165, 1.54) is 38.6 Å². The second kappa shape index (κ2) is 7.78. The number of carbonyl (C=O) groups is 1. The molecule has 2 aromatic rings. The van der Waals surface area contributed by atoms with Gasteiger partial charge in [-0.15, -0.1) is 0 Å². The molecule has 1 N–H and O–H groups in total. The molecule has 0 saturated carbocycles. The van der Waals surface area contributed by atoms with Crippen LogP contribution in [0.1, 0.15) is 10.4 Å².